The average Bonchev–Trinajstić information content (AvgIpc) is 2.83. The molecule has 0 saturated heterocycles. The first-order valence-electron chi connectivity index (χ1n) is 4.39. The Morgan fingerprint density at radius 3 is 3.00 bits per heavy atom. The summed E-state index contributed by atoms with van der Waals surface area (Å²) in [5.41, 5.74) is 5.51. The lowest BCUT2D eigenvalue weighted by atomic mass is 10.3. The summed E-state index contributed by atoms with van der Waals surface area (Å²) in [6.07, 6.45) is 4.13. The third-order valence-corrected chi connectivity index (χ3v) is 2.62. The molecule has 1 aliphatic rings. The Morgan fingerprint density at radius 1 is 1.77 bits per heavy atom. The van der Waals surface area contributed by atoms with E-state index in [1.54, 1.807) is 11.0 Å². The van der Waals surface area contributed by atoms with E-state index in [9.17, 15) is 0 Å². The standard InChI is InChI=1S/C8H12N4S/c1-5(7(9)13)12-4-10-8(11-12)6-2-3-6/h4-6H,2-3H2,1H3,(H2,9,13). The van der Waals surface area contributed by atoms with Gasteiger partial charge in [0.25, 0.3) is 0 Å². The smallest absolute Gasteiger partial charge is 0.153 e. The predicted octanol–water partition coefficient (Wildman–Crippen LogP) is 1.00. The van der Waals surface area contributed by atoms with Crippen molar-refractivity contribution >= 4 is 17.2 Å². The van der Waals surface area contributed by atoms with Crippen LogP contribution in [0.15, 0.2) is 6.33 Å². The fraction of sp³-hybridized carbons (Fsp3) is 0.625. The Hall–Kier alpha value is -0.970. The molecular weight excluding hydrogens is 184 g/mol. The van der Waals surface area contributed by atoms with Crippen LogP contribution in [0.4, 0.5) is 0 Å². The molecule has 70 valence electrons. The van der Waals surface area contributed by atoms with Crippen LogP contribution < -0.4 is 5.73 Å². The summed E-state index contributed by atoms with van der Waals surface area (Å²) >= 11 is 4.88. The van der Waals surface area contributed by atoms with Gasteiger partial charge in [-0.3, -0.25) is 0 Å². The van der Waals surface area contributed by atoms with Crippen molar-refractivity contribution in [1.82, 2.24) is 14.8 Å². The number of nitrogens with zero attached hydrogens (tertiary/aromatic N) is 3. The van der Waals surface area contributed by atoms with Crippen LogP contribution in [-0.4, -0.2) is 19.8 Å². The number of nitrogens with two attached hydrogens (primary N) is 1. The minimum Gasteiger partial charge on any atom is -0.392 e. The van der Waals surface area contributed by atoms with Gasteiger partial charge in [-0.05, 0) is 19.8 Å². The molecule has 1 heterocycles. The van der Waals surface area contributed by atoms with E-state index in [4.69, 9.17) is 18.0 Å². The summed E-state index contributed by atoms with van der Waals surface area (Å²) in [6.45, 7) is 1.92. The maximum absolute atomic E-state index is 5.51. The normalized spacial score (nSPS) is 18.5. The lowest BCUT2D eigenvalue weighted by Gasteiger charge is -2.07. The van der Waals surface area contributed by atoms with Gasteiger partial charge in [-0.2, -0.15) is 5.10 Å². The molecule has 0 aromatic carbocycles. The Morgan fingerprint density at radius 2 is 2.46 bits per heavy atom. The minimum atomic E-state index is -0.0324. The van der Waals surface area contributed by atoms with E-state index >= 15 is 0 Å². The van der Waals surface area contributed by atoms with Crippen molar-refractivity contribution in [2.24, 2.45) is 5.73 Å². The molecule has 0 amide bonds. The number of hydrogen-bond donors (Lipinski definition) is 1. The summed E-state index contributed by atoms with van der Waals surface area (Å²) in [4.78, 5) is 4.67. The van der Waals surface area contributed by atoms with Crippen LogP contribution in [0.2, 0.25) is 0 Å². The van der Waals surface area contributed by atoms with Gasteiger partial charge in [0.1, 0.15) is 12.4 Å². The molecule has 0 spiro atoms. The van der Waals surface area contributed by atoms with Gasteiger partial charge in [0.05, 0.1) is 4.99 Å². The van der Waals surface area contributed by atoms with Crippen LogP contribution in [0.25, 0.3) is 0 Å². The molecule has 5 heteroatoms. The molecule has 1 unspecified atom stereocenters. The predicted molar refractivity (Wildman–Crippen MR) is 53.5 cm³/mol. The van der Waals surface area contributed by atoms with Gasteiger partial charge < -0.3 is 5.73 Å². The van der Waals surface area contributed by atoms with E-state index < -0.39 is 0 Å². The zero-order valence-electron chi connectivity index (χ0n) is 7.47. The highest BCUT2D eigenvalue weighted by Crippen LogP contribution is 2.37. The second-order valence-electron chi connectivity index (χ2n) is 3.44. The monoisotopic (exact) mass is 196 g/mol. The highest BCUT2D eigenvalue weighted by molar-refractivity contribution is 7.80. The van der Waals surface area contributed by atoms with Crippen LogP contribution in [-0.2, 0) is 0 Å². The molecule has 1 aromatic rings. The van der Waals surface area contributed by atoms with E-state index in [2.05, 4.69) is 10.1 Å². The van der Waals surface area contributed by atoms with Crippen molar-refractivity contribution in [2.75, 3.05) is 0 Å². The lowest BCUT2D eigenvalue weighted by Crippen LogP contribution is -2.22. The molecule has 1 atom stereocenters. The van der Waals surface area contributed by atoms with Crippen molar-refractivity contribution in [1.29, 1.82) is 0 Å². The van der Waals surface area contributed by atoms with Crippen LogP contribution in [0.5, 0.6) is 0 Å². The first-order chi connectivity index (χ1) is 6.18. The molecular formula is C8H12N4S. The van der Waals surface area contributed by atoms with Gasteiger partial charge in [0.2, 0.25) is 0 Å². The first-order valence-corrected chi connectivity index (χ1v) is 4.79. The topological polar surface area (TPSA) is 56.7 Å². The number of thiocarbonyl (C=S) groups is 1. The molecule has 1 aliphatic carbocycles. The summed E-state index contributed by atoms with van der Waals surface area (Å²) in [5, 5.41) is 4.33. The number of aromatic nitrogens is 3. The molecule has 0 bridgehead atoms. The second-order valence-corrected chi connectivity index (χ2v) is 3.91. The van der Waals surface area contributed by atoms with E-state index in [1.807, 2.05) is 6.92 Å². The van der Waals surface area contributed by atoms with E-state index in [0.29, 0.717) is 10.9 Å². The van der Waals surface area contributed by atoms with Crippen molar-refractivity contribution in [3.63, 3.8) is 0 Å². The molecule has 1 aromatic heterocycles. The van der Waals surface area contributed by atoms with Crippen LogP contribution in [0, 0.1) is 0 Å². The fourth-order valence-corrected chi connectivity index (χ4v) is 1.24. The summed E-state index contributed by atoms with van der Waals surface area (Å²) in [5.74, 6) is 1.52. The van der Waals surface area contributed by atoms with Crippen molar-refractivity contribution in [3.05, 3.63) is 12.2 Å². The van der Waals surface area contributed by atoms with Crippen LogP contribution >= 0.6 is 12.2 Å². The van der Waals surface area contributed by atoms with Crippen molar-refractivity contribution in [2.45, 2.75) is 31.7 Å². The molecule has 13 heavy (non-hydrogen) atoms. The Kier molecular flexibility index (Phi) is 2.03. The molecule has 1 saturated carbocycles. The van der Waals surface area contributed by atoms with E-state index in [1.165, 1.54) is 12.8 Å². The van der Waals surface area contributed by atoms with Crippen molar-refractivity contribution in [3.8, 4) is 0 Å². The summed E-state index contributed by atoms with van der Waals surface area (Å²) in [6, 6.07) is -0.0324. The molecule has 4 nitrogen and oxygen atoms in total. The maximum Gasteiger partial charge on any atom is 0.153 e. The van der Waals surface area contributed by atoms with E-state index in [0.717, 1.165) is 5.82 Å². The number of hydrogen-bond acceptors (Lipinski definition) is 3. The van der Waals surface area contributed by atoms with Crippen LogP contribution in [0.3, 0.4) is 0 Å². The number of rotatable bonds is 3. The Bertz CT molecular complexity index is 329. The highest BCUT2D eigenvalue weighted by atomic mass is 32.1. The maximum atomic E-state index is 5.51. The quantitative estimate of drug-likeness (QED) is 0.733. The Balaban J connectivity index is 2.16. The van der Waals surface area contributed by atoms with Gasteiger partial charge in [-0.1, -0.05) is 12.2 Å². The van der Waals surface area contributed by atoms with E-state index in [-0.39, 0.29) is 6.04 Å². The van der Waals surface area contributed by atoms with Gasteiger partial charge >= 0.3 is 0 Å². The highest BCUT2D eigenvalue weighted by Gasteiger charge is 2.27. The summed E-state index contributed by atoms with van der Waals surface area (Å²) in [7, 11) is 0. The summed E-state index contributed by atoms with van der Waals surface area (Å²) < 4.78 is 1.73. The second kappa shape index (κ2) is 3.06. The van der Waals surface area contributed by atoms with Gasteiger partial charge in [-0.25, -0.2) is 9.67 Å². The SMILES string of the molecule is CC(C(N)=S)n1cnc(C2CC2)n1. The molecule has 2 rings (SSSR count). The van der Waals surface area contributed by atoms with Gasteiger partial charge in [-0.15, -0.1) is 0 Å². The third kappa shape index (κ3) is 1.70. The molecule has 2 N–H and O–H groups in total. The largest absolute Gasteiger partial charge is 0.392 e. The molecule has 0 aliphatic heterocycles. The first kappa shape index (κ1) is 8.62. The van der Waals surface area contributed by atoms with Crippen molar-refractivity contribution < 1.29 is 0 Å². The van der Waals surface area contributed by atoms with Crippen LogP contribution in [0.1, 0.15) is 37.5 Å². The lowest BCUT2D eigenvalue weighted by molar-refractivity contribution is 0.601. The fourth-order valence-electron chi connectivity index (χ4n) is 1.13. The Labute approximate surface area is 82.1 Å². The third-order valence-electron chi connectivity index (χ3n) is 2.28. The molecule has 1 fully saturated rings. The zero-order chi connectivity index (χ0) is 9.42. The minimum absolute atomic E-state index is 0.0324. The van der Waals surface area contributed by atoms with Gasteiger partial charge in [0.15, 0.2) is 5.82 Å². The zero-order valence-corrected chi connectivity index (χ0v) is 8.29. The molecule has 0 radical (unpaired) electrons. The van der Waals surface area contributed by atoms with Gasteiger partial charge in [0, 0.05) is 5.92 Å². The average molecular weight is 196 g/mol.